The summed E-state index contributed by atoms with van der Waals surface area (Å²) in [5.74, 6) is 0. The van der Waals surface area contributed by atoms with Gasteiger partial charge in [0.05, 0.1) is 13.2 Å². The molecule has 21 heavy (non-hydrogen) atoms. The van der Waals surface area contributed by atoms with Gasteiger partial charge in [-0.05, 0) is 0 Å². The van der Waals surface area contributed by atoms with Crippen molar-refractivity contribution >= 4 is 0 Å². The average molecular weight is 312 g/mol. The van der Waals surface area contributed by atoms with Gasteiger partial charge in [0.15, 0.2) is 12.6 Å². The lowest BCUT2D eigenvalue weighted by atomic mass is 9.98. The molecular formula is C11H20O10. The van der Waals surface area contributed by atoms with Crippen LogP contribution in [0.4, 0.5) is 0 Å². The van der Waals surface area contributed by atoms with Gasteiger partial charge in [-0.2, -0.15) is 0 Å². The predicted octanol–water partition coefficient (Wildman–Crippen LogP) is -4.76. The Balaban J connectivity index is 2.06. The number of aliphatic hydroxyl groups excluding tert-OH is 7. The van der Waals surface area contributed by atoms with Gasteiger partial charge in [0.25, 0.3) is 0 Å². The van der Waals surface area contributed by atoms with Crippen molar-refractivity contribution in [1.29, 1.82) is 0 Å². The molecule has 2 rings (SSSR count). The van der Waals surface area contributed by atoms with E-state index in [9.17, 15) is 30.6 Å². The van der Waals surface area contributed by atoms with E-state index in [0.29, 0.717) is 0 Å². The number of rotatable bonds is 3. The summed E-state index contributed by atoms with van der Waals surface area (Å²) >= 11 is 0. The Morgan fingerprint density at radius 3 is 2.19 bits per heavy atom. The van der Waals surface area contributed by atoms with Gasteiger partial charge >= 0.3 is 0 Å². The van der Waals surface area contributed by atoms with E-state index in [1.54, 1.807) is 0 Å². The fourth-order valence-electron chi connectivity index (χ4n) is 2.29. The van der Waals surface area contributed by atoms with Crippen LogP contribution in [0.15, 0.2) is 0 Å². The Morgan fingerprint density at radius 2 is 1.57 bits per heavy atom. The molecule has 0 spiro atoms. The molecule has 0 aromatic heterocycles. The molecule has 2 aliphatic heterocycles. The molecule has 10 heteroatoms. The third-order valence-corrected chi connectivity index (χ3v) is 3.59. The highest BCUT2D eigenvalue weighted by molar-refractivity contribution is 4.91. The zero-order valence-electron chi connectivity index (χ0n) is 11.0. The third kappa shape index (κ3) is 3.35. The molecule has 2 fully saturated rings. The number of ether oxygens (including phenoxy) is 3. The molecule has 0 saturated carbocycles. The van der Waals surface area contributed by atoms with Gasteiger partial charge in [-0.1, -0.05) is 0 Å². The molecule has 7 N–H and O–H groups in total. The standard InChI is InChI=1S/C11H20O10/c12-1-4-5(14)6(15)7(16)11(20-4)21-9-3(13)2-19-10(18)8(9)17/h3-18H,1-2H2/t3-,4+,5+,6+,7+,8-,9+,10-,11+/m1/s1. The van der Waals surface area contributed by atoms with E-state index in [0.717, 1.165) is 0 Å². The fourth-order valence-corrected chi connectivity index (χ4v) is 2.29. The summed E-state index contributed by atoms with van der Waals surface area (Å²) in [5, 5.41) is 66.8. The van der Waals surface area contributed by atoms with Crippen molar-refractivity contribution in [2.75, 3.05) is 13.2 Å². The molecule has 0 aromatic carbocycles. The first kappa shape index (κ1) is 17.0. The van der Waals surface area contributed by atoms with Gasteiger partial charge in [-0.3, -0.25) is 0 Å². The van der Waals surface area contributed by atoms with Gasteiger partial charge in [-0.15, -0.1) is 0 Å². The zero-order chi connectivity index (χ0) is 15.7. The van der Waals surface area contributed by atoms with Gasteiger partial charge in [0.1, 0.15) is 42.7 Å². The first-order valence-corrected chi connectivity index (χ1v) is 6.48. The SMILES string of the molecule is OC[C@@H]1O[C@@H](O[C@@H]2[C@@H](O)[C@H](O)OC[C@H]2O)[C@@H](O)[C@@H](O)[C@H]1O. The van der Waals surface area contributed by atoms with Crippen molar-refractivity contribution < 1.29 is 50.0 Å². The van der Waals surface area contributed by atoms with Crippen LogP contribution in [0.3, 0.4) is 0 Å². The van der Waals surface area contributed by atoms with E-state index in [-0.39, 0.29) is 6.61 Å². The fraction of sp³-hybridized carbons (Fsp3) is 1.00. The molecule has 0 unspecified atom stereocenters. The molecule has 2 saturated heterocycles. The minimum absolute atomic E-state index is 0.305. The molecule has 0 bridgehead atoms. The summed E-state index contributed by atoms with van der Waals surface area (Å²) < 4.78 is 15.0. The summed E-state index contributed by atoms with van der Waals surface area (Å²) in [4.78, 5) is 0. The van der Waals surface area contributed by atoms with Gasteiger partial charge < -0.3 is 50.0 Å². The van der Waals surface area contributed by atoms with Crippen LogP contribution in [-0.4, -0.2) is 104 Å². The first-order valence-electron chi connectivity index (χ1n) is 6.48. The zero-order valence-corrected chi connectivity index (χ0v) is 11.0. The number of hydrogen-bond acceptors (Lipinski definition) is 10. The largest absolute Gasteiger partial charge is 0.394 e. The summed E-state index contributed by atoms with van der Waals surface area (Å²) in [5.41, 5.74) is 0. The van der Waals surface area contributed by atoms with Crippen molar-refractivity contribution in [3.63, 3.8) is 0 Å². The van der Waals surface area contributed by atoms with E-state index in [1.165, 1.54) is 0 Å². The molecule has 0 aliphatic carbocycles. The maximum atomic E-state index is 9.79. The Hall–Kier alpha value is -0.400. The Bertz CT molecular complexity index is 339. The van der Waals surface area contributed by atoms with Crippen LogP contribution >= 0.6 is 0 Å². The normalized spacial score (nSPS) is 51.9. The molecule has 10 nitrogen and oxygen atoms in total. The van der Waals surface area contributed by atoms with Crippen LogP contribution in [0, 0.1) is 0 Å². The maximum absolute atomic E-state index is 9.79. The minimum atomic E-state index is -1.66. The minimum Gasteiger partial charge on any atom is -0.394 e. The molecule has 0 aromatic rings. The van der Waals surface area contributed by atoms with Gasteiger partial charge in [-0.25, -0.2) is 0 Å². The van der Waals surface area contributed by atoms with E-state index in [1.807, 2.05) is 0 Å². The van der Waals surface area contributed by atoms with E-state index < -0.39 is 61.9 Å². The quantitative estimate of drug-likeness (QED) is 0.268. The second-order valence-electron chi connectivity index (χ2n) is 5.08. The lowest BCUT2D eigenvalue weighted by Gasteiger charge is -2.43. The van der Waals surface area contributed by atoms with E-state index in [4.69, 9.17) is 14.6 Å². The molecule has 124 valence electrons. The third-order valence-electron chi connectivity index (χ3n) is 3.59. The van der Waals surface area contributed by atoms with Crippen LogP contribution in [-0.2, 0) is 14.2 Å². The smallest absolute Gasteiger partial charge is 0.187 e. The number of hydrogen-bond donors (Lipinski definition) is 7. The number of aliphatic hydroxyl groups is 7. The molecular weight excluding hydrogens is 292 g/mol. The maximum Gasteiger partial charge on any atom is 0.187 e. The van der Waals surface area contributed by atoms with Crippen molar-refractivity contribution in [3.05, 3.63) is 0 Å². The van der Waals surface area contributed by atoms with Crippen LogP contribution in [0.5, 0.6) is 0 Å². The summed E-state index contributed by atoms with van der Waals surface area (Å²) in [6.07, 6.45) is -13.3. The molecule has 9 atom stereocenters. The molecule has 2 heterocycles. The van der Waals surface area contributed by atoms with Crippen LogP contribution in [0.25, 0.3) is 0 Å². The van der Waals surface area contributed by atoms with Crippen molar-refractivity contribution in [2.24, 2.45) is 0 Å². The van der Waals surface area contributed by atoms with E-state index in [2.05, 4.69) is 4.74 Å². The van der Waals surface area contributed by atoms with Crippen molar-refractivity contribution in [1.82, 2.24) is 0 Å². The molecule has 0 amide bonds. The van der Waals surface area contributed by atoms with Crippen molar-refractivity contribution in [3.8, 4) is 0 Å². The Labute approximate surface area is 119 Å². The van der Waals surface area contributed by atoms with E-state index >= 15 is 0 Å². The Morgan fingerprint density at radius 1 is 0.905 bits per heavy atom. The first-order chi connectivity index (χ1) is 9.86. The highest BCUT2D eigenvalue weighted by Gasteiger charge is 2.48. The Kier molecular flexibility index (Phi) is 5.48. The van der Waals surface area contributed by atoms with Gasteiger partial charge in [0.2, 0.25) is 0 Å². The summed E-state index contributed by atoms with van der Waals surface area (Å²) in [7, 11) is 0. The monoisotopic (exact) mass is 312 g/mol. The van der Waals surface area contributed by atoms with Crippen LogP contribution in [0.2, 0.25) is 0 Å². The summed E-state index contributed by atoms with van der Waals surface area (Å²) in [6, 6.07) is 0. The average Bonchev–Trinajstić information content (AvgIpc) is 2.47. The summed E-state index contributed by atoms with van der Waals surface area (Å²) in [6.45, 7) is -0.938. The lowest BCUT2D eigenvalue weighted by molar-refractivity contribution is -0.345. The topological polar surface area (TPSA) is 169 Å². The molecule has 2 aliphatic rings. The highest BCUT2D eigenvalue weighted by Crippen LogP contribution is 2.26. The molecule has 0 radical (unpaired) electrons. The second-order valence-corrected chi connectivity index (χ2v) is 5.08. The van der Waals surface area contributed by atoms with Crippen molar-refractivity contribution in [2.45, 2.75) is 55.3 Å². The van der Waals surface area contributed by atoms with Gasteiger partial charge in [0, 0.05) is 0 Å². The predicted molar refractivity (Wildman–Crippen MR) is 62.6 cm³/mol. The second kappa shape index (κ2) is 6.79. The van der Waals surface area contributed by atoms with Crippen LogP contribution in [0.1, 0.15) is 0 Å². The van der Waals surface area contributed by atoms with Crippen LogP contribution < -0.4 is 0 Å². The highest BCUT2D eigenvalue weighted by atomic mass is 16.7. The lowest BCUT2D eigenvalue weighted by Crippen LogP contribution is -2.62.